The molecule has 0 bridgehead atoms. The average molecular weight is 492 g/mol. The molecule has 2 aliphatic heterocycles. The highest BCUT2D eigenvalue weighted by Crippen LogP contribution is 2.64. The maximum Gasteiger partial charge on any atom is 0.300 e. The molecule has 2 atom stereocenters. The summed E-state index contributed by atoms with van der Waals surface area (Å²) in [5.74, 6) is -0.133. The molecule has 3 aromatic rings. The highest BCUT2D eigenvalue weighted by Gasteiger charge is 2.72. The smallest absolute Gasteiger partial charge is 0.300 e. The van der Waals surface area contributed by atoms with Crippen molar-refractivity contribution in [3.8, 4) is 0 Å². The van der Waals surface area contributed by atoms with Crippen LogP contribution in [-0.2, 0) is 20.3 Å². The Morgan fingerprint density at radius 2 is 1.60 bits per heavy atom. The Balaban J connectivity index is 1.62. The lowest BCUT2D eigenvalue weighted by Crippen LogP contribution is -2.80. The van der Waals surface area contributed by atoms with Gasteiger partial charge in [0.2, 0.25) is 0 Å². The van der Waals surface area contributed by atoms with E-state index in [4.69, 9.17) is 13.6 Å². The topological polar surface area (TPSA) is 68.0 Å². The van der Waals surface area contributed by atoms with Gasteiger partial charge in [-0.3, -0.25) is 9.69 Å². The summed E-state index contributed by atoms with van der Waals surface area (Å²) in [6, 6.07) is 21.3. The van der Waals surface area contributed by atoms with Gasteiger partial charge in [0.05, 0.1) is 18.6 Å². The van der Waals surface area contributed by atoms with E-state index in [1.54, 1.807) is 4.90 Å². The first-order valence-electron chi connectivity index (χ1n) is 12.1. The molecule has 2 aromatic carbocycles. The van der Waals surface area contributed by atoms with Gasteiger partial charge in [0.25, 0.3) is 5.91 Å². The largest absolute Gasteiger partial charge is 0.431 e. The zero-order valence-electron chi connectivity index (χ0n) is 20.9. The number of ether oxygens (including phenoxy) is 1. The Morgan fingerprint density at radius 3 is 2.17 bits per heavy atom. The lowest BCUT2D eigenvalue weighted by atomic mass is 9.50. The molecule has 184 valence electrons. The number of carbonyl (C=O) groups is 1. The molecule has 0 aliphatic carbocycles. The van der Waals surface area contributed by atoms with Crippen molar-refractivity contribution in [1.29, 1.82) is 0 Å². The van der Waals surface area contributed by atoms with Crippen LogP contribution in [0, 0.1) is 5.41 Å². The van der Waals surface area contributed by atoms with Crippen molar-refractivity contribution < 1.29 is 18.4 Å². The quantitative estimate of drug-likeness (QED) is 0.511. The summed E-state index contributed by atoms with van der Waals surface area (Å²) >= 11 is 0. The number of rotatable bonds is 5. The summed E-state index contributed by atoms with van der Waals surface area (Å²) < 4.78 is 18.0. The third-order valence-electron chi connectivity index (χ3n) is 7.60. The fourth-order valence-electron chi connectivity index (χ4n) is 5.87. The zero-order valence-corrected chi connectivity index (χ0v) is 22.9. The Bertz CT molecular complexity index is 1170. The van der Waals surface area contributed by atoms with Crippen LogP contribution in [0.15, 0.2) is 71.3 Å². The van der Waals surface area contributed by atoms with Crippen LogP contribution in [0.5, 0.6) is 0 Å². The van der Waals surface area contributed by atoms with Gasteiger partial charge in [0, 0.05) is 25.2 Å². The van der Waals surface area contributed by atoms with Gasteiger partial charge >= 0.3 is 6.01 Å². The molecule has 8 heteroatoms. The molecule has 0 spiro atoms. The number of amides is 1. The van der Waals surface area contributed by atoms with Crippen molar-refractivity contribution in [2.24, 2.45) is 5.41 Å². The molecule has 2 fully saturated rings. The van der Waals surface area contributed by atoms with Crippen LogP contribution in [-0.4, -0.2) is 59.1 Å². The number of hydrogen-bond acceptors (Lipinski definition) is 6. The summed E-state index contributed by atoms with van der Waals surface area (Å²) in [6.45, 7) is 9.63. The van der Waals surface area contributed by atoms with Crippen molar-refractivity contribution >= 4 is 22.4 Å². The number of nitrogens with zero attached hydrogens (tertiary/aromatic N) is 3. The molecule has 0 radical (unpaired) electrons. The van der Waals surface area contributed by atoms with E-state index < -0.39 is 5.72 Å². The highest BCUT2D eigenvalue weighted by molar-refractivity contribution is 5.99. The first-order valence-corrected chi connectivity index (χ1v) is 12.9. The molecule has 35 heavy (non-hydrogen) atoms. The molecule has 5 rings (SSSR count). The molecule has 3 heterocycles. The van der Waals surface area contributed by atoms with Crippen LogP contribution in [0.4, 0.5) is 6.01 Å². The second kappa shape index (κ2) is 8.93. The summed E-state index contributed by atoms with van der Waals surface area (Å²) in [6.07, 6.45) is 1.47. The van der Waals surface area contributed by atoms with E-state index in [0.29, 0.717) is 55.0 Å². The number of hydrogen-bond donors (Lipinski definition) is 0. The summed E-state index contributed by atoms with van der Waals surface area (Å²) in [5.41, 5.74) is 1.19. The van der Waals surface area contributed by atoms with Crippen LogP contribution in [0.2, 0.25) is 0 Å². The van der Waals surface area contributed by atoms with Crippen molar-refractivity contribution in [2.75, 3.05) is 37.7 Å². The SMILES string of the molecule is CC(C)(C)C1(c2ccccc2)CN(c2nc(C(=O)N3CCOCC3)co2)C1(O[SiH3])c1ccccc1. The van der Waals surface area contributed by atoms with Crippen LogP contribution in [0.25, 0.3) is 0 Å². The minimum atomic E-state index is -0.829. The number of carbonyl (C=O) groups excluding carboxylic acids is 1. The summed E-state index contributed by atoms with van der Waals surface area (Å²) in [5, 5.41) is 0. The van der Waals surface area contributed by atoms with E-state index in [1.165, 1.54) is 11.8 Å². The van der Waals surface area contributed by atoms with Crippen LogP contribution >= 0.6 is 0 Å². The van der Waals surface area contributed by atoms with E-state index >= 15 is 0 Å². The highest BCUT2D eigenvalue weighted by atomic mass is 28.2. The average Bonchev–Trinajstić information content (AvgIpc) is 3.34. The molecule has 7 nitrogen and oxygen atoms in total. The van der Waals surface area contributed by atoms with Gasteiger partial charge in [-0.1, -0.05) is 81.4 Å². The third-order valence-corrected chi connectivity index (χ3v) is 8.19. The standard InChI is InChI=1S/C27H33N3O4Si/c1-25(2,3)26(20-10-6-4-7-11-20)19-30(27(26,34-35)21-12-8-5-9-13-21)24-28-22(18-33-24)23(31)29-14-16-32-17-15-29/h4-13,18H,14-17,19H2,1-3,35H3. The van der Waals surface area contributed by atoms with Crippen molar-refractivity contribution in [3.63, 3.8) is 0 Å². The van der Waals surface area contributed by atoms with Crippen LogP contribution < -0.4 is 4.90 Å². The van der Waals surface area contributed by atoms with E-state index in [2.05, 4.69) is 67.1 Å². The Kier molecular flexibility index (Phi) is 6.07. The first-order chi connectivity index (χ1) is 16.8. The predicted octanol–water partition coefficient (Wildman–Crippen LogP) is 3.10. The fourth-order valence-corrected chi connectivity index (χ4v) is 6.67. The van der Waals surface area contributed by atoms with Crippen molar-refractivity contribution in [1.82, 2.24) is 9.88 Å². The zero-order chi connectivity index (χ0) is 24.7. The maximum atomic E-state index is 13.1. The van der Waals surface area contributed by atoms with Gasteiger partial charge in [-0.05, 0) is 11.0 Å². The molecular formula is C27H33N3O4Si. The van der Waals surface area contributed by atoms with Gasteiger partial charge in [0.1, 0.15) is 16.7 Å². The minimum absolute atomic E-state index is 0.133. The van der Waals surface area contributed by atoms with Crippen molar-refractivity contribution in [3.05, 3.63) is 83.7 Å². The van der Waals surface area contributed by atoms with Gasteiger partial charge in [-0.15, -0.1) is 0 Å². The molecule has 1 aromatic heterocycles. The van der Waals surface area contributed by atoms with Crippen LogP contribution in [0.3, 0.4) is 0 Å². The van der Waals surface area contributed by atoms with Crippen molar-refractivity contribution in [2.45, 2.75) is 31.9 Å². The van der Waals surface area contributed by atoms with E-state index in [0.717, 1.165) is 5.56 Å². The number of morpholine rings is 1. The minimum Gasteiger partial charge on any atom is -0.431 e. The monoisotopic (exact) mass is 491 g/mol. The fraction of sp³-hybridized carbons (Fsp3) is 0.407. The summed E-state index contributed by atoms with van der Waals surface area (Å²) in [7, 11) is 0.497. The van der Waals surface area contributed by atoms with Crippen LogP contribution in [0.1, 0.15) is 42.4 Å². The lowest BCUT2D eigenvalue weighted by Gasteiger charge is -2.69. The first kappa shape index (κ1) is 23.8. The number of oxazole rings is 1. The van der Waals surface area contributed by atoms with Gasteiger partial charge in [0.15, 0.2) is 11.4 Å². The predicted molar refractivity (Wildman–Crippen MR) is 137 cm³/mol. The van der Waals surface area contributed by atoms with E-state index in [9.17, 15) is 4.79 Å². The molecule has 2 saturated heterocycles. The number of aromatic nitrogens is 1. The number of anilines is 1. The molecule has 2 unspecified atom stereocenters. The normalized spacial score (nSPS) is 24.9. The molecular weight excluding hydrogens is 458 g/mol. The lowest BCUT2D eigenvalue weighted by molar-refractivity contribution is -0.133. The molecule has 0 saturated carbocycles. The Labute approximate surface area is 209 Å². The summed E-state index contributed by atoms with van der Waals surface area (Å²) in [4.78, 5) is 21.6. The van der Waals surface area contributed by atoms with Gasteiger partial charge < -0.3 is 18.5 Å². The third kappa shape index (κ3) is 3.54. The Morgan fingerprint density at radius 1 is 1.00 bits per heavy atom. The van der Waals surface area contributed by atoms with Gasteiger partial charge in [-0.2, -0.15) is 4.98 Å². The molecule has 0 N–H and O–H groups in total. The second-order valence-electron chi connectivity index (χ2n) is 10.2. The maximum absolute atomic E-state index is 13.1. The number of benzene rings is 2. The van der Waals surface area contributed by atoms with E-state index in [-0.39, 0.29) is 16.7 Å². The molecule has 1 amide bonds. The molecule has 2 aliphatic rings. The van der Waals surface area contributed by atoms with E-state index in [1.807, 2.05) is 24.3 Å². The Hall–Kier alpha value is -2.94. The second-order valence-corrected chi connectivity index (χ2v) is 10.6. The van der Waals surface area contributed by atoms with Gasteiger partial charge in [-0.25, -0.2) is 0 Å².